The molecule has 64 heavy (non-hydrogen) atoms. The van der Waals surface area contributed by atoms with Crippen molar-refractivity contribution in [3.63, 3.8) is 0 Å². The van der Waals surface area contributed by atoms with Crippen LogP contribution in [-0.4, -0.2) is 59.9 Å². The number of carboxylic acid groups (broad SMARTS) is 1. The zero-order valence-electron chi connectivity index (χ0n) is 41.4. The predicted octanol–water partition coefficient (Wildman–Crippen LogP) is 15.2. The summed E-state index contributed by atoms with van der Waals surface area (Å²) in [6.07, 6.45) is 51.3. The molecule has 378 valence electrons. The summed E-state index contributed by atoms with van der Waals surface area (Å²) in [6.45, 7) is 2.86. The Bertz CT molecular complexity index is 1140. The highest BCUT2D eigenvalue weighted by Gasteiger charge is 2.28. The number of carbonyl (C=O) groups is 3. The van der Waals surface area contributed by atoms with Gasteiger partial charge in [0.1, 0.15) is 12.6 Å². The van der Waals surface area contributed by atoms with Crippen LogP contribution in [-0.2, 0) is 37.5 Å². The lowest BCUT2D eigenvalue weighted by atomic mass is 10.0. The number of hydrogen-bond donors (Lipinski definition) is 3. The van der Waals surface area contributed by atoms with Crippen molar-refractivity contribution in [3.05, 3.63) is 12.2 Å². The molecule has 0 bridgehead atoms. The highest BCUT2D eigenvalue weighted by molar-refractivity contribution is 7.47. The van der Waals surface area contributed by atoms with Gasteiger partial charge in [-0.3, -0.25) is 23.4 Å². The van der Waals surface area contributed by atoms with Crippen LogP contribution in [0.25, 0.3) is 0 Å². The number of esters is 2. The molecule has 0 aromatic rings. The molecule has 0 radical (unpaired) electrons. The minimum Gasteiger partial charge on any atom is -0.480 e. The summed E-state index contributed by atoms with van der Waals surface area (Å²) in [5, 5.41) is 8.93. The molecule has 0 amide bonds. The lowest BCUT2D eigenvalue weighted by Gasteiger charge is -2.20. The standard InChI is InChI=1S/C52H100NO10P/c1-3-5-7-9-11-13-15-17-19-21-23-24-25-26-28-29-31-33-35-37-39-41-43-50(54)60-45-48(46-61-64(58,59)62-47-49(53)52(56)57)63-51(55)44-42-40-38-36-34-32-30-27-22-20-18-16-14-12-10-8-6-4-2/h20,22,48-49H,3-19,21,23-47,53H2,1-2H3,(H,56,57)(H,58,59)/b22-20-. The summed E-state index contributed by atoms with van der Waals surface area (Å²) >= 11 is 0. The molecule has 0 spiro atoms. The van der Waals surface area contributed by atoms with E-state index in [0.717, 1.165) is 44.9 Å². The molecular weight excluding hydrogens is 830 g/mol. The van der Waals surface area contributed by atoms with E-state index < -0.39 is 51.1 Å². The topological polar surface area (TPSA) is 172 Å². The Balaban J connectivity index is 4.17. The molecule has 0 saturated heterocycles. The molecule has 3 unspecified atom stereocenters. The number of carboxylic acids is 1. The monoisotopic (exact) mass is 930 g/mol. The molecule has 0 saturated carbocycles. The highest BCUT2D eigenvalue weighted by atomic mass is 31.2. The van der Waals surface area contributed by atoms with Crippen LogP contribution >= 0.6 is 7.82 Å². The molecule has 0 heterocycles. The Morgan fingerprint density at radius 2 is 0.781 bits per heavy atom. The zero-order valence-corrected chi connectivity index (χ0v) is 42.3. The Hall–Kier alpha value is -1.78. The number of rotatable bonds is 51. The largest absolute Gasteiger partial charge is 0.480 e. The van der Waals surface area contributed by atoms with E-state index in [4.69, 9.17) is 24.8 Å². The average molecular weight is 930 g/mol. The van der Waals surface area contributed by atoms with Crippen molar-refractivity contribution in [1.29, 1.82) is 0 Å². The van der Waals surface area contributed by atoms with Crippen LogP contribution in [0.15, 0.2) is 12.2 Å². The lowest BCUT2D eigenvalue weighted by molar-refractivity contribution is -0.161. The van der Waals surface area contributed by atoms with Gasteiger partial charge in [0.15, 0.2) is 6.10 Å². The fourth-order valence-electron chi connectivity index (χ4n) is 7.83. The van der Waals surface area contributed by atoms with Crippen molar-refractivity contribution in [2.75, 3.05) is 19.8 Å². The van der Waals surface area contributed by atoms with E-state index in [-0.39, 0.29) is 19.4 Å². The number of ether oxygens (including phenoxy) is 2. The number of aliphatic carboxylic acids is 1. The molecular formula is C52H100NO10P. The second kappa shape index (κ2) is 47.7. The van der Waals surface area contributed by atoms with Crippen molar-refractivity contribution >= 4 is 25.7 Å². The first-order valence-corrected chi connectivity index (χ1v) is 28.2. The third kappa shape index (κ3) is 46.7. The van der Waals surface area contributed by atoms with Crippen molar-refractivity contribution in [2.24, 2.45) is 5.73 Å². The van der Waals surface area contributed by atoms with E-state index in [1.54, 1.807) is 0 Å². The van der Waals surface area contributed by atoms with Gasteiger partial charge in [0, 0.05) is 12.8 Å². The Morgan fingerprint density at radius 3 is 1.14 bits per heavy atom. The van der Waals surface area contributed by atoms with Gasteiger partial charge in [-0.2, -0.15) is 0 Å². The molecule has 0 aliphatic carbocycles. The maximum Gasteiger partial charge on any atom is 0.472 e. The van der Waals surface area contributed by atoms with Crippen LogP contribution in [0.5, 0.6) is 0 Å². The van der Waals surface area contributed by atoms with Crippen LogP contribution in [0.2, 0.25) is 0 Å². The quantitative estimate of drug-likeness (QED) is 0.0229. The first kappa shape index (κ1) is 62.2. The predicted molar refractivity (Wildman–Crippen MR) is 263 cm³/mol. The van der Waals surface area contributed by atoms with Gasteiger partial charge in [-0.1, -0.05) is 231 Å². The Kier molecular flexibility index (Phi) is 46.4. The minimum atomic E-state index is -4.72. The van der Waals surface area contributed by atoms with Gasteiger partial charge in [0.05, 0.1) is 13.2 Å². The van der Waals surface area contributed by atoms with Crippen LogP contribution in [0.4, 0.5) is 0 Å². The number of carbonyl (C=O) groups excluding carboxylic acids is 2. The van der Waals surface area contributed by atoms with Gasteiger partial charge in [0.2, 0.25) is 0 Å². The van der Waals surface area contributed by atoms with E-state index in [9.17, 15) is 23.8 Å². The highest BCUT2D eigenvalue weighted by Crippen LogP contribution is 2.43. The number of phosphoric acid groups is 1. The molecule has 0 aliphatic heterocycles. The molecule has 0 rings (SSSR count). The summed E-state index contributed by atoms with van der Waals surface area (Å²) < 4.78 is 32.9. The van der Waals surface area contributed by atoms with Gasteiger partial charge < -0.3 is 25.2 Å². The third-order valence-electron chi connectivity index (χ3n) is 12.0. The number of nitrogens with two attached hydrogens (primary N) is 1. The summed E-state index contributed by atoms with van der Waals surface area (Å²) in [7, 11) is -4.72. The van der Waals surface area contributed by atoms with E-state index in [0.29, 0.717) is 12.8 Å². The second-order valence-electron chi connectivity index (χ2n) is 18.4. The molecule has 12 heteroatoms. The number of unbranched alkanes of at least 4 members (excludes halogenated alkanes) is 35. The first-order valence-electron chi connectivity index (χ1n) is 26.7. The molecule has 3 atom stereocenters. The smallest absolute Gasteiger partial charge is 0.472 e. The SMILES string of the molecule is CCCCCCCCC/C=C\CCCCCCCCCC(=O)OC(COC(=O)CCCCCCCCCCCCCCCCCCCCCCCC)COP(=O)(O)OCC(N)C(=O)O. The fourth-order valence-corrected chi connectivity index (χ4v) is 8.61. The number of hydrogen-bond acceptors (Lipinski definition) is 9. The van der Waals surface area contributed by atoms with E-state index in [2.05, 4.69) is 30.5 Å². The summed E-state index contributed by atoms with van der Waals surface area (Å²) in [4.78, 5) is 46.2. The summed E-state index contributed by atoms with van der Waals surface area (Å²) in [5.74, 6) is -2.36. The van der Waals surface area contributed by atoms with E-state index in [1.807, 2.05) is 0 Å². The van der Waals surface area contributed by atoms with Crippen LogP contribution in [0.1, 0.15) is 271 Å². The van der Waals surface area contributed by atoms with Crippen LogP contribution < -0.4 is 5.73 Å². The van der Waals surface area contributed by atoms with Crippen molar-refractivity contribution in [1.82, 2.24) is 0 Å². The van der Waals surface area contributed by atoms with E-state index in [1.165, 1.54) is 186 Å². The minimum absolute atomic E-state index is 0.161. The van der Waals surface area contributed by atoms with Crippen molar-refractivity contribution in [3.8, 4) is 0 Å². The van der Waals surface area contributed by atoms with E-state index >= 15 is 0 Å². The maximum absolute atomic E-state index is 12.7. The molecule has 0 aliphatic rings. The molecule has 0 fully saturated rings. The van der Waals surface area contributed by atoms with Gasteiger partial charge >= 0.3 is 25.7 Å². The van der Waals surface area contributed by atoms with Gasteiger partial charge in [-0.05, 0) is 38.5 Å². The van der Waals surface area contributed by atoms with Crippen molar-refractivity contribution < 1.29 is 47.5 Å². The second-order valence-corrected chi connectivity index (χ2v) is 19.8. The summed E-state index contributed by atoms with van der Waals surface area (Å²) in [6, 6.07) is -1.52. The van der Waals surface area contributed by atoms with Crippen molar-refractivity contribution in [2.45, 2.75) is 283 Å². The molecule has 4 N–H and O–H groups in total. The molecule has 11 nitrogen and oxygen atoms in total. The first-order chi connectivity index (χ1) is 31.1. The number of allylic oxidation sites excluding steroid dienone is 2. The number of phosphoric ester groups is 1. The van der Waals surface area contributed by atoms with Gasteiger partial charge in [0.25, 0.3) is 0 Å². The van der Waals surface area contributed by atoms with Crippen LogP contribution in [0.3, 0.4) is 0 Å². The third-order valence-corrected chi connectivity index (χ3v) is 13.0. The average Bonchev–Trinajstić information content (AvgIpc) is 3.27. The zero-order chi connectivity index (χ0) is 47.0. The van der Waals surface area contributed by atoms with Crippen LogP contribution in [0, 0.1) is 0 Å². The Morgan fingerprint density at radius 1 is 0.469 bits per heavy atom. The maximum atomic E-state index is 12.7. The lowest BCUT2D eigenvalue weighted by Crippen LogP contribution is -2.34. The Labute approximate surface area is 392 Å². The summed E-state index contributed by atoms with van der Waals surface area (Å²) in [5.41, 5.74) is 5.36. The van der Waals surface area contributed by atoms with Gasteiger partial charge in [-0.25, -0.2) is 4.57 Å². The molecule has 0 aromatic carbocycles. The normalized spacial score (nSPS) is 13.6. The fraction of sp³-hybridized carbons (Fsp3) is 0.904. The van der Waals surface area contributed by atoms with Gasteiger partial charge in [-0.15, -0.1) is 0 Å². The molecule has 0 aromatic heterocycles.